The van der Waals surface area contributed by atoms with Crippen molar-refractivity contribution in [1.82, 2.24) is 5.32 Å². The maximum absolute atomic E-state index is 13.7. The minimum Gasteiger partial charge on any atom is -0.307 e. The van der Waals surface area contributed by atoms with Crippen LogP contribution in [0, 0.1) is 5.82 Å². The van der Waals surface area contributed by atoms with E-state index in [-0.39, 0.29) is 16.9 Å². The average Bonchev–Trinajstić information content (AvgIpc) is 2.40. The number of halogens is 2. The van der Waals surface area contributed by atoms with Gasteiger partial charge in [0.1, 0.15) is 5.82 Å². The standard InChI is InChI=1S/C17H23ClFN/c1-2-20-17(13-8-6-4-3-5-7-9-13)14-10-11-15(18)16(19)12-14/h8,10-12,17,20H,2-7,9H2,1H3/b13-8+. The Kier molecular flexibility index (Phi) is 6.06. The summed E-state index contributed by atoms with van der Waals surface area (Å²) in [6.45, 7) is 2.95. The van der Waals surface area contributed by atoms with Crippen molar-refractivity contribution in [2.45, 2.75) is 51.5 Å². The van der Waals surface area contributed by atoms with E-state index >= 15 is 0 Å². The summed E-state index contributed by atoms with van der Waals surface area (Å²) in [6.07, 6.45) is 9.69. The highest BCUT2D eigenvalue weighted by Gasteiger charge is 2.17. The second-order valence-corrected chi connectivity index (χ2v) is 5.80. The highest BCUT2D eigenvalue weighted by atomic mass is 35.5. The zero-order valence-corrected chi connectivity index (χ0v) is 12.8. The first-order valence-electron chi connectivity index (χ1n) is 7.59. The number of rotatable bonds is 4. The van der Waals surface area contributed by atoms with E-state index in [0.717, 1.165) is 24.9 Å². The van der Waals surface area contributed by atoms with Crippen LogP contribution in [-0.2, 0) is 0 Å². The van der Waals surface area contributed by atoms with Crippen molar-refractivity contribution in [3.63, 3.8) is 0 Å². The van der Waals surface area contributed by atoms with Crippen LogP contribution >= 0.6 is 11.6 Å². The van der Waals surface area contributed by atoms with Gasteiger partial charge in [-0.3, -0.25) is 0 Å². The van der Waals surface area contributed by atoms with Crippen LogP contribution in [0.25, 0.3) is 0 Å². The number of hydrogen-bond donors (Lipinski definition) is 1. The topological polar surface area (TPSA) is 12.0 Å². The Morgan fingerprint density at radius 1 is 1.25 bits per heavy atom. The maximum atomic E-state index is 13.7. The molecule has 1 N–H and O–H groups in total. The van der Waals surface area contributed by atoms with Gasteiger partial charge >= 0.3 is 0 Å². The molecule has 0 aromatic heterocycles. The van der Waals surface area contributed by atoms with Crippen LogP contribution in [0.5, 0.6) is 0 Å². The van der Waals surface area contributed by atoms with Gasteiger partial charge in [-0.05, 0) is 49.9 Å². The van der Waals surface area contributed by atoms with Crippen molar-refractivity contribution in [1.29, 1.82) is 0 Å². The Hall–Kier alpha value is -0.860. The molecule has 1 aliphatic carbocycles. The molecule has 0 radical (unpaired) electrons. The predicted octanol–water partition coefficient (Wildman–Crippen LogP) is 5.41. The zero-order chi connectivity index (χ0) is 14.4. The summed E-state index contributed by atoms with van der Waals surface area (Å²) in [5, 5.41) is 3.68. The molecule has 0 spiro atoms. The smallest absolute Gasteiger partial charge is 0.142 e. The van der Waals surface area contributed by atoms with Gasteiger partial charge in [0.15, 0.2) is 0 Å². The van der Waals surface area contributed by atoms with Gasteiger partial charge in [0.2, 0.25) is 0 Å². The summed E-state index contributed by atoms with van der Waals surface area (Å²) in [7, 11) is 0. The second-order valence-electron chi connectivity index (χ2n) is 5.40. The summed E-state index contributed by atoms with van der Waals surface area (Å²) in [4.78, 5) is 0. The lowest BCUT2D eigenvalue weighted by molar-refractivity contribution is 0.549. The molecule has 0 saturated carbocycles. The molecule has 0 amide bonds. The molecule has 0 fully saturated rings. The molecule has 1 atom stereocenters. The van der Waals surface area contributed by atoms with Crippen LogP contribution < -0.4 is 5.32 Å². The maximum Gasteiger partial charge on any atom is 0.142 e. The van der Waals surface area contributed by atoms with Gasteiger partial charge in [-0.15, -0.1) is 0 Å². The van der Waals surface area contributed by atoms with Crippen molar-refractivity contribution >= 4 is 11.6 Å². The number of benzene rings is 1. The SMILES string of the molecule is CCNC(/C1=C/CCCCCC1)c1ccc(Cl)c(F)c1. The highest BCUT2D eigenvalue weighted by Crippen LogP contribution is 2.30. The fraction of sp³-hybridized carbons (Fsp3) is 0.529. The van der Waals surface area contributed by atoms with Crippen LogP contribution in [0.2, 0.25) is 5.02 Å². The van der Waals surface area contributed by atoms with E-state index in [9.17, 15) is 4.39 Å². The summed E-state index contributed by atoms with van der Waals surface area (Å²) in [5.41, 5.74) is 2.37. The number of likely N-dealkylation sites (N-methyl/N-ethyl adjacent to an activating group) is 1. The number of allylic oxidation sites excluding steroid dienone is 1. The lowest BCUT2D eigenvalue weighted by Gasteiger charge is -2.24. The quantitative estimate of drug-likeness (QED) is 0.732. The molecule has 1 aliphatic rings. The van der Waals surface area contributed by atoms with E-state index in [1.165, 1.54) is 31.3 Å². The van der Waals surface area contributed by atoms with Crippen molar-refractivity contribution in [2.24, 2.45) is 0 Å². The third-order valence-corrected chi connectivity index (χ3v) is 4.19. The molecule has 0 aliphatic heterocycles. The Labute approximate surface area is 126 Å². The molecular weight excluding hydrogens is 273 g/mol. The lowest BCUT2D eigenvalue weighted by Crippen LogP contribution is -2.23. The Morgan fingerprint density at radius 2 is 2.05 bits per heavy atom. The molecular formula is C17H23ClFN. The average molecular weight is 296 g/mol. The molecule has 20 heavy (non-hydrogen) atoms. The van der Waals surface area contributed by atoms with Gasteiger partial charge in [0.05, 0.1) is 11.1 Å². The molecule has 1 unspecified atom stereocenters. The van der Waals surface area contributed by atoms with Gasteiger partial charge < -0.3 is 5.32 Å². The molecule has 0 heterocycles. The lowest BCUT2D eigenvalue weighted by atomic mass is 9.91. The van der Waals surface area contributed by atoms with E-state index in [1.54, 1.807) is 12.1 Å². The molecule has 2 rings (SSSR count). The third-order valence-electron chi connectivity index (χ3n) is 3.88. The van der Waals surface area contributed by atoms with Gasteiger partial charge in [-0.2, -0.15) is 0 Å². The number of nitrogens with one attached hydrogen (secondary N) is 1. The largest absolute Gasteiger partial charge is 0.307 e. The summed E-state index contributed by atoms with van der Waals surface area (Å²) in [5.74, 6) is -0.335. The van der Waals surface area contributed by atoms with Crippen molar-refractivity contribution in [3.05, 3.63) is 46.3 Å². The zero-order valence-electron chi connectivity index (χ0n) is 12.1. The van der Waals surface area contributed by atoms with Crippen LogP contribution in [0.4, 0.5) is 4.39 Å². The van der Waals surface area contributed by atoms with Gasteiger partial charge in [0.25, 0.3) is 0 Å². The van der Waals surface area contributed by atoms with Crippen molar-refractivity contribution in [3.8, 4) is 0 Å². The van der Waals surface area contributed by atoms with Crippen LogP contribution in [0.1, 0.15) is 57.1 Å². The van der Waals surface area contributed by atoms with Crippen molar-refractivity contribution < 1.29 is 4.39 Å². The van der Waals surface area contributed by atoms with Gasteiger partial charge in [-0.25, -0.2) is 4.39 Å². The monoisotopic (exact) mass is 295 g/mol. The van der Waals surface area contributed by atoms with E-state index in [1.807, 2.05) is 6.07 Å². The van der Waals surface area contributed by atoms with E-state index in [0.29, 0.717) is 0 Å². The Balaban J connectivity index is 2.26. The van der Waals surface area contributed by atoms with Gasteiger partial charge in [0, 0.05) is 0 Å². The first-order valence-corrected chi connectivity index (χ1v) is 7.97. The third kappa shape index (κ3) is 4.07. The normalized spacial score (nSPS) is 20.6. The van der Waals surface area contributed by atoms with Gasteiger partial charge in [-0.1, -0.05) is 49.1 Å². The predicted molar refractivity (Wildman–Crippen MR) is 83.6 cm³/mol. The Morgan fingerprint density at radius 3 is 2.80 bits per heavy atom. The second kappa shape index (κ2) is 7.80. The van der Waals surface area contributed by atoms with E-state index in [4.69, 9.17) is 11.6 Å². The van der Waals surface area contributed by atoms with Crippen LogP contribution in [0.3, 0.4) is 0 Å². The molecule has 110 valence electrons. The molecule has 0 bridgehead atoms. The Bertz CT molecular complexity index is 470. The molecule has 1 aromatic carbocycles. The van der Waals surface area contributed by atoms with Crippen LogP contribution in [-0.4, -0.2) is 6.54 Å². The van der Waals surface area contributed by atoms with E-state index < -0.39 is 0 Å². The molecule has 1 nitrogen and oxygen atoms in total. The summed E-state index contributed by atoms with van der Waals surface area (Å²) in [6, 6.07) is 5.26. The highest BCUT2D eigenvalue weighted by molar-refractivity contribution is 6.30. The molecule has 1 aromatic rings. The first-order chi connectivity index (χ1) is 9.72. The molecule has 0 saturated heterocycles. The first kappa shape index (κ1) is 15.5. The minimum absolute atomic E-state index is 0.116. The van der Waals surface area contributed by atoms with E-state index in [2.05, 4.69) is 18.3 Å². The van der Waals surface area contributed by atoms with Crippen LogP contribution in [0.15, 0.2) is 29.8 Å². The summed E-state index contributed by atoms with van der Waals surface area (Å²) < 4.78 is 13.7. The fourth-order valence-electron chi connectivity index (χ4n) is 2.84. The summed E-state index contributed by atoms with van der Waals surface area (Å²) >= 11 is 5.79. The molecule has 3 heteroatoms. The fourth-order valence-corrected chi connectivity index (χ4v) is 2.96. The minimum atomic E-state index is -0.335. The number of hydrogen-bond acceptors (Lipinski definition) is 1. The van der Waals surface area contributed by atoms with Crippen molar-refractivity contribution in [2.75, 3.05) is 6.54 Å².